The first-order valence-electron chi connectivity index (χ1n) is 19.1. The van der Waals surface area contributed by atoms with Crippen LogP contribution in [0.2, 0.25) is 0 Å². The lowest BCUT2D eigenvalue weighted by Crippen LogP contribution is -1.87. The zero-order valence-electron chi connectivity index (χ0n) is 30.9. The summed E-state index contributed by atoms with van der Waals surface area (Å²) in [6, 6.07) is 23.6. The van der Waals surface area contributed by atoms with Gasteiger partial charge in [-0.1, -0.05) is 115 Å². The van der Waals surface area contributed by atoms with E-state index in [1.54, 1.807) is 12.1 Å². The molecule has 50 heavy (non-hydrogen) atoms. The van der Waals surface area contributed by atoms with E-state index in [9.17, 15) is 10.2 Å². The second-order valence-corrected chi connectivity index (χ2v) is 13.8. The third-order valence-corrected chi connectivity index (χ3v) is 9.48. The molecule has 6 heteroatoms. The maximum Gasteiger partial charge on any atom is 0.143 e. The Hall–Kier alpha value is -4.32. The topological polar surface area (TPSA) is 89.9 Å². The maximum absolute atomic E-state index is 10.4. The Balaban J connectivity index is 1.34. The number of phenolic OH excluding ortho intramolecular Hbond substituents is 2. The van der Waals surface area contributed by atoms with Crippen LogP contribution in [0.15, 0.2) is 93.3 Å². The summed E-state index contributed by atoms with van der Waals surface area (Å²) in [7, 11) is 0. The van der Waals surface area contributed by atoms with Crippen LogP contribution in [0, 0.1) is 13.8 Å². The van der Waals surface area contributed by atoms with Gasteiger partial charge in [0, 0.05) is 0 Å². The molecule has 0 spiro atoms. The van der Waals surface area contributed by atoms with Gasteiger partial charge in [0.15, 0.2) is 0 Å². The average Bonchev–Trinajstić information content (AvgIpc) is 3.11. The lowest BCUT2D eigenvalue weighted by atomic mass is 10.0. The van der Waals surface area contributed by atoms with Crippen LogP contribution in [-0.2, 0) is 12.8 Å². The first kappa shape index (κ1) is 38.5. The van der Waals surface area contributed by atoms with Crippen molar-refractivity contribution in [2.45, 2.75) is 130 Å². The number of nitrogens with zero attached hydrogens (tertiary/aromatic N) is 4. The minimum absolute atomic E-state index is 0.144. The number of hydrogen-bond donors (Lipinski definition) is 2. The molecule has 0 atom stereocenters. The highest BCUT2D eigenvalue weighted by atomic mass is 16.3. The molecule has 0 aliphatic carbocycles. The van der Waals surface area contributed by atoms with Crippen molar-refractivity contribution >= 4 is 22.7 Å². The van der Waals surface area contributed by atoms with Crippen LogP contribution in [0.25, 0.3) is 11.1 Å². The monoisotopic (exact) mass is 674 g/mol. The summed E-state index contributed by atoms with van der Waals surface area (Å²) < 4.78 is 0. The van der Waals surface area contributed by atoms with Crippen LogP contribution in [0.4, 0.5) is 22.7 Å². The fraction of sp³-hybridized carbons (Fsp3) is 0.455. The van der Waals surface area contributed by atoms with E-state index in [4.69, 9.17) is 0 Å². The van der Waals surface area contributed by atoms with Gasteiger partial charge in [-0.3, -0.25) is 0 Å². The summed E-state index contributed by atoms with van der Waals surface area (Å²) in [6.07, 6.45) is 19.8. The average molecular weight is 675 g/mol. The Morgan fingerprint density at radius 3 is 1.14 bits per heavy atom. The number of phenols is 2. The molecule has 0 amide bonds. The smallest absolute Gasteiger partial charge is 0.143 e. The molecule has 266 valence electrons. The Bertz CT molecular complexity index is 1570. The van der Waals surface area contributed by atoms with E-state index in [1.165, 1.54) is 88.2 Å². The molecule has 0 bridgehead atoms. The van der Waals surface area contributed by atoms with E-state index in [-0.39, 0.29) is 11.5 Å². The van der Waals surface area contributed by atoms with E-state index in [2.05, 4.69) is 46.4 Å². The maximum atomic E-state index is 10.4. The largest absolute Gasteiger partial charge is 0.506 e. The molecular weight excluding hydrogens is 617 g/mol. The molecule has 0 saturated carbocycles. The fourth-order valence-corrected chi connectivity index (χ4v) is 6.29. The third kappa shape index (κ3) is 12.5. The fourth-order valence-electron chi connectivity index (χ4n) is 6.29. The third-order valence-electron chi connectivity index (χ3n) is 9.48. The van der Waals surface area contributed by atoms with Gasteiger partial charge in [-0.15, -0.1) is 10.2 Å². The van der Waals surface area contributed by atoms with Crippen LogP contribution in [0.3, 0.4) is 0 Å². The van der Waals surface area contributed by atoms with E-state index >= 15 is 0 Å². The van der Waals surface area contributed by atoms with Crippen molar-refractivity contribution < 1.29 is 10.2 Å². The van der Waals surface area contributed by atoms with Crippen molar-refractivity contribution in [3.8, 4) is 22.6 Å². The highest BCUT2D eigenvalue weighted by Crippen LogP contribution is 2.35. The van der Waals surface area contributed by atoms with Gasteiger partial charge >= 0.3 is 0 Å². The SMILES string of the molecule is CCCCCCCCCc1ccc(O)c(N=Nc2ccc(-c3ccc(N=Nc4cc(CCCCCCCCC)ccc4O)c(C)c3)cc2C)c1. The van der Waals surface area contributed by atoms with Gasteiger partial charge in [0.2, 0.25) is 0 Å². The summed E-state index contributed by atoms with van der Waals surface area (Å²) in [5, 5.41) is 38.7. The highest BCUT2D eigenvalue weighted by Gasteiger charge is 2.08. The van der Waals surface area contributed by atoms with Gasteiger partial charge < -0.3 is 10.2 Å². The minimum Gasteiger partial charge on any atom is -0.506 e. The molecule has 0 fully saturated rings. The van der Waals surface area contributed by atoms with Crippen molar-refractivity contribution in [2.75, 3.05) is 0 Å². The second-order valence-electron chi connectivity index (χ2n) is 13.8. The Morgan fingerprint density at radius 1 is 0.400 bits per heavy atom. The standard InChI is InChI=1S/C44H58N4O2/c1-5-7-9-11-13-15-17-19-35-21-27-43(49)41(31-35)47-45-39-25-23-37(29-33(39)3)38-24-26-40(34(4)30-38)46-48-42-32-36(22-28-44(42)50)20-18-16-14-12-10-8-6-2/h21-32,49-50H,5-20H2,1-4H3. The number of aryl methyl sites for hydroxylation is 4. The molecule has 6 nitrogen and oxygen atoms in total. The molecule has 4 rings (SSSR count). The van der Waals surface area contributed by atoms with Gasteiger partial charge in [0.1, 0.15) is 22.9 Å². The summed E-state index contributed by atoms with van der Waals surface area (Å²) in [4.78, 5) is 0. The quantitative estimate of drug-likeness (QED) is 0.0680. The second kappa shape index (κ2) is 21.0. The highest BCUT2D eigenvalue weighted by molar-refractivity contribution is 5.70. The number of aromatic hydroxyl groups is 2. The zero-order chi connectivity index (χ0) is 35.6. The van der Waals surface area contributed by atoms with Crippen molar-refractivity contribution in [1.82, 2.24) is 0 Å². The number of azo groups is 2. The number of hydrogen-bond acceptors (Lipinski definition) is 6. The molecule has 0 saturated heterocycles. The normalized spacial score (nSPS) is 11.7. The predicted molar refractivity (Wildman–Crippen MR) is 209 cm³/mol. The van der Waals surface area contributed by atoms with Crippen molar-refractivity contribution in [1.29, 1.82) is 0 Å². The lowest BCUT2D eigenvalue weighted by molar-refractivity contribution is 0.475. The summed E-state index contributed by atoms with van der Waals surface area (Å²) in [5.74, 6) is 0.288. The number of benzene rings is 4. The molecule has 0 aromatic heterocycles. The van der Waals surface area contributed by atoms with Crippen LogP contribution in [0.5, 0.6) is 11.5 Å². The van der Waals surface area contributed by atoms with Crippen molar-refractivity contribution in [2.24, 2.45) is 20.5 Å². The van der Waals surface area contributed by atoms with E-state index in [1.807, 2.05) is 62.4 Å². The van der Waals surface area contributed by atoms with Gasteiger partial charge in [-0.05, 0) is 121 Å². The van der Waals surface area contributed by atoms with Gasteiger partial charge in [0.25, 0.3) is 0 Å². The Kier molecular flexibility index (Phi) is 16.2. The Labute approximate surface area is 300 Å². The van der Waals surface area contributed by atoms with Crippen LogP contribution in [-0.4, -0.2) is 10.2 Å². The van der Waals surface area contributed by atoms with Crippen molar-refractivity contribution in [3.63, 3.8) is 0 Å². The molecule has 0 radical (unpaired) electrons. The molecule has 0 aliphatic heterocycles. The lowest BCUT2D eigenvalue weighted by Gasteiger charge is -2.08. The van der Waals surface area contributed by atoms with Gasteiger partial charge in [-0.2, -0.15) is 10.2 Å². The molecule has 2 N–H and O–H groups in total. The molecule has 0 heterocycles. The van der Waals surface area contributed by atoms with Crippen LogP contribution >= 0.6 is 0 Å². The first-order valence-corrected chi connectivity index (χ1v) is 19.1. The van der Waals surface area contributed by atoms with E-state index in [0.29, 0.717) is 11.4 Å². The first-order chi connectivity index (χ1) is 24.4. The Morgan fingerprint density at radius 2 is 0.760 bits per heavy atom. The van der Waals surface area contributed by atoms with Gasteiger partial charge in [0.05, 0.1) is 11.4 Å². The number of rotatable bonds is 21. The predicted octanol–water partition coefficient (Wildman–Crippen LogP) is 14.8. The van der Waals surface area contributed by atoms with Crippen LogP contribution in [0.1, 0.15) is 126 Å². The zero-order valence-corrected chi connectivity index (χ0v) is 30.9. The molecular formula is C44H58N4O2. The molecule has 4 aromatic rings. The number of unbranched alkanes of at least 4 members (excludes halogenated alkanes) is 12. The summed E-state index contributed by atoms with van der Waals surface area (Å²) >= 11 is 0. The summed E-state index contributed by atoms with van der Waals surface area (Å²) in [5.41, 5.74) is 9.04. The van der Waals surface area contributed by atoms with E-state index in [0.717, 1.165) is 59.3 Å². The summed E-state index contributed by atoms with van der Waals surface area (Å²) in [6.45, 7) is 8.55. The van der Waals surface area contributed by atoms with Crippen molar-refractivity contribution in [3.05, 3.63) is 95.1 Å². The minimum atomic E-state index is 0.144. The van der Waals surface area contributed by atoms with Gasteiger partial charge in [-0.25, -0.2) is 0 Å². The van der Waals surface area contributed by atoms with E-state index < -0.39 is 0 Å². The molecule has 4 aromatic carbocycles. The molecule has 0 unspecified atom stereocenters. The van der Waals surface area contributed by atoms with Crippen LogP contribution < -0.4 is 0 Å². The molecule has 0 aliphatic rings.